The summed E-state index contributed by atoms with van der Waals surface area (Å²) in [5.74, 6) is 4.26. The van der Waals surface area contributed by atoms with Gasteiger partial charge >= 0.3 is 0 Å². The van der Waals surface area contributed by atoms with E-state index in [1.54, 1.807) is 0 Å². The van der Waals surface area contributed by atoms with Crippen LogP contribution in [0.15, 0.2) is 212 Å². The molecular weight excluding hydrogens is 771 g/mol. The number of hydrogen-bond donors (Lipinski definition) is 0. The Balaban J connectivity index is 0.937. The Kier molecular flexibility index (Phi) is 7.75. The number of fused-ring (bicyclic) bond motifs is 11. The van der Waals surface area contributed by atoms with Crippen LogP contribution < -0.4 is 9.47 Å². The van der Waals surface area contributed by atoms with E-state index in [1.165, 1.54) is 49.2 Å². The van der Waals surface area contributed by atoms with E-state index >= 15 is 0 Å². The molecule has 10 aromatic carbocycles. The van der Waals surface area contributed by atoms with E-state index in [0.717, 1.165) is 33.2 Å². The third-order valence-electron chi connectivity index (χ3n) is 12.8. The summed E-state index contributed by atoms with van der Waals surface area (Å²) < 4.78 is 13.6. The molecule has 0 spiro atoms. The minimum atomic E-state index is -0.546. The summed E-state index contributed by atoms with van der Waals surface area (Å²) in [5.41, 5.74) is 9.12. The normalized spacial score (nSPS) is 13.1. The Morgan fingerprint density at radius 1 is 0.286 bits per heavy atom. The van der Waals surface area contributed by atoms with Crippen LogP contribution in [0.25, 0.3) is 77.6 Å². The molecule has 0 unspecified atom stereocenters. The lowest BCUT2D eigenvalue weighted by Crippen LogP contribution is -2.28. The maximum Gasteiger partial charge on any atom is 0.170 e. The summed E-state index contributed by atoms with van der Waals surface area (Å²) in [7, 11) is 0. The summed E-state index contributed by atoms with van der Waals surface area (Å²) in [4.78, 5) is 15.3. The van der Waals surface area contributed by atoms with Crippen LogP contribution in [-0.4, -0.2) is 15.0 Å². The number of nitrogens with zero attached hydrogens (tertiary/aromatic N) is 3. The van der Waals surface area contributed by atoms with Crippen LogP contribution in [0.3, 0.4) is 0 Å². The van der Waals surface area contributed by atoms with Crippen molar-refractivity contribution in [3.63, 3.8) is 0 Å². The van der Waals surface area contributed by atoms with Crippen molar-refractivity contribution in [2.24, 2.45) is 0 Å². The van der Waals surface area contributed by atoms with Crippen LogP contribution in [-0.2, 0) is 5.41 Å². The smallest absolute Gasteiger partial charge is 0.170 e. The Morgan fingerprint density at radius 3 is 1.40 bits per heavy atom. The molecular formula is C58H35N3O2. The first-order valence-electron chi connectivity index (χ1n) is 21.3. The molecule has 13 rings (SSSR count). The molecule has 5 heteroatoms. The number of hydrogen-bond acceptors (Lipinski definition) is 5. The summed E-state index contributed by atoms with van der Waals surface area (Å²) in [5, 5.41) is 7.22. The largest absolute Gasteiger partial charge is 0.450 e. The van der Waals surface area contributed by atoms with Gasteiger partial charge in [-0.3, -0.25) is 0 Å². The zero-order chi connectivity index (χ0) is 41.5. The van der Waals surface area contributed by atoms with E-state index in [0.29, 0.717) is 40.5 Å². The van der Waals surface area contributed by atoms with Crippen LogP contribution in [0.1, 0.15) is 22.3 Å². The van der Waals surface area contributed by atoms with Gasteiger partial charge in [0.1, 0.15) is 0 Å². The molecule has 0 radical (unpaired) electrons. The van der Waals surface area contributed by atoms with Gasteiger partial charge in [-0.05, 0) is 102 Å². The molecule has 1 aliphatic heterocycles. The van der Waals surface area contributed by atoms with E-state index in [2.05, 4.69) is 164 Å². The minimum Gasteiger partial charge on any atom is -0.450 e. The van der Waals surface area contributed by atoms with Gasteiger partial charge in [-0.15, -0.1) is 0 Å². The molecule has 0 amide bonds. The molecule has 1 aliphatic carbocycles. The number of aromatic nitrogens is 3. The van der Waals surface area contributed by atoms with Gasteiger partial charge in [0.2, 0.25) is 0 Å². The number of ether oxygens (including phenoxy) is 2. The van der Waals surface area contributed by atoms with Crippen molar-refractivity contribution in [3.05, 3.63) is 235 Å². The van der Waals surface area contributed by atoms with Crippen LogP contribution in [0, 0.1) is 0 Å². The molecule has 2 aliphatic rings. The second-order valence-corrected chi connectivity index (χ2v) is 16.3. The van der Waals surface area contributed by atoms with Gasteiger partial charge < -0.3 is 9.47 Å². The van der Waals surface area contributed by atoms with E-state index < -0.39 is 5.41 Å². The summed E-state index contributed by atoms with van der Waals surface area (Å²) in [6.45, 7) is 0. The zero-order valence-electron chi connectivity index (χ0n) is 33.9. The van der Waals surface area contributed by atoms with Gasteiger partial charge in [0.15, 0.2) is 40.5 Å². The maximum atomic E-state index is 6.82. The highest BCUT2D eigenvalue weighted by Gasteiger charge is 2.47. The first kappa shape index (κ1) is 35.4. The highest BCUT2D eigenvalue weighted by atomic mass is 16.6. The van der Waals surface area contributed by atoms with Crippen molar-refractivity contribution in [3.8, 4) is 68.3 Å². The molecule has 0 atom stereocenters. The standard InChI is InChI=1S/C58H35N3O2/c1-4-16-36(17-5-1)55-59-56(37-28-30-45-43-24-11-10-22-41(43)42-23-12-13-25-44(42)47(45)32-37)61-57(60-55)38-29-31-51-52(33-38)63-53-34-48-46-26-14-15-27-49(46)58(39-18-6-2-7-19-39,40-20-8-3-9-21-40)50(48)35-54(53)62-51/h1-35H. The number of rotatable bonds is 5. The topological polar surface area (TPSA) is 57.1 Å². The fourth-order valence-electron chi connectivity index (χ4n) is 10.1. The van der Waals surface area contributed by atoms with Gasteiger partial charge in [0.25, 0.3) is 0 Å². The van der Waals surface area contributed by atoms with Gasteiger partial charge in [0, 0.05) is 16.7 Å². The van der Waals surface area contributed by atoms with Gasteiger partial charge in [-0.25, -0.2) is 15.0 Å². The molecule has 0 saturated heterocycles. The highest BCUT2D eigenvalue weighted by Crippen LogP contribution is 2.60. The van der Waals surface area contributed by atoms with Gasteiger partial charge in [-0.1, -0.05) is 176 Å². The average Bonchev–Trinajstić information content (AvgIpc) is 3.65. The lowest BCUT2D eigenvalue weighted by molar-refractivity contribution is 0.359. The second-order valence-electron chi connectivity index (χ2n) is 16.3. The molecule has 63 heavy (non-hydrogen) atoms. The first-order valence-corrected chi connectivity index (χ1v) is 21.3. The highest BCUT2D eigenvalue weighted by molar-refractivity contribution is 6.25. The molecule has 0 saturated carbocycles. The second kappa shape index (κ2) is 13.8. The maximum absolute atomic E-state index is 6.82. The third-order valence-corrected chi connectivity index (χ3v) is 12.8. The minimum absolute atomic E-state index is 0.540. The lowest BCUT2D eigenvalue weighted by atomic mass is 9.67. The van der Waals surface area contributed by atoms with Gasteiger partial charge in [0.05, 0.1) is 5.41 Å². The molecule has 0 bridgehead atoms. The fourth-order valence-corrected chi connectivity index (χ4v) is 10.1. The Morgan fingerprint density at radius 2 is 0.746 bits per heavy atom. The summed E-state index contributed by atoms with van der Waals surface area (Å²) in [6.07, 6.45) is 0. The molecule has 2 heterocycles. The lowest BCUT2D eigenvalue weighted by Gasteiger charge is -2.34. The van der Waals surface area contributed by atoms with Crippen molar-refractivity contribution >= 4 is 32.3 Å². The van der Waals surface area contributed by atoms with E-state index in [1.807, 2.05) is 48.5 Å². The van der Waals surface area contributed by atoms with Crippen molar-refractivity contribution in [1.29, 1.82) is 0 Å². The molecule has 5 nitrogen and oxygen atoms in total. The Labute approximate surface area is 363 Å². The third kappa shape index (κ3) is 5.40. The molecule has 11 aromatic rings. The average molecular weight is 806 g/mol. The summed E-state index contributed by atoms with van der Waals surface area (Å²) in [6, 6.07) is 74.4. The Hall–Kier alpha value is -8.41. The predicted molar refractivity (Wildman–Crippen MR) is 253 cm³/mol. The van der Waals surface area contributed by atoms with Crippen LogP contribution in [0.2, 0.25) is 0 Å². The van der Waals surface area contributed by atoms with E-state index in [-0.39, 0.29) is 0 Å². The quantitative estimate of drug-likeness (QED) is 0.162. The van der Waals surface area contributed by atoms with Crippen LogP contribution in [0.4, 0.5) is 0 Å². The SMILES string of the molecule is c1ccc(-c2nc(-c3ccc4c(c3)Oc3cc5c(cc3O4)C(c3ccccc3)(c3ccccc3)c3ccccc3-5)nc(-c3ccc4c5ccccc5c5ccccc5c4c3)n2)cc1. The van der Waals surface area contributed by atoms with Crippen molar-refractivity contribution in [1.82, 2.24) is 15.0 Å². The van der Waals surface area contributed by atoms with Crippen molar-refractivity contribution in [2.45, 2.75) is 5.41 Å². The molecule has 0 fully saturated rings. The zero-order valence-corrected chi connectivity index (χ0v) is 33.9. The molecule has 1 aromatic heterocycles. The number of benzene rings is 10. The van der Waals surface area contributed by atoms with Crippen LogP contribution >= 0.6 is 0 Å². The van der Waals surface area contributed by atoms with Crippen molar-refractivity contribution < 1.29 is 9.47 Å². The van der Waals surface area contributed by atoms with E-state index in [9.17, 15) is 0 Å². The van der Waals surface area contributed by atoms with Crippen LogP contribution in [0.5, 0.6) is 23.0 Å². The fraction of sp³-hybridized carbons (Fsp3) is 0.0172. The van der Waals surface area contributed by atoms with E-state index in [4.69, 9.17) is 24.4 Å². The van der Waals surface area contributed by atoms with Gasteiger partial charge in [-0.2, -0.15) is 0 Å². The van der Waals surface area contributed by atoms with Crippen molar-refractivity contribution in [2.75, 3.05) is 0 Å². The molecule has 294 valence electrons. The monoisotopic (exact) mass is 805 g/mol. The summed E-state index contributed by atoms with van der Waals surface area (Å²) >= 11 is 0. The molecule has 0 N–H and O–H groups in total. The predicted octanol–water partition coefficient (Wildman–Crippen LogP) is 14.6. The first-order chi connectivity index (χ1) is 31.2. The Bertz CT molecular complexity index is 3550.